The van der Waals surface area contributed by atoms with E-state index in [9.17, 15) is 4.79 Å². The van der Waals surface area contributed by atoms with Gasteiger partial charge in [0.2, 0.25) is 5.95 Å². The fraction of sp³-hybridized carbons (Fsp3) is 0.562. The van der Waals surface area contributed by atoms with Crippen LogP contribution in [0.2, 0.25) is 0 Å². The minimum atomic E-state index is -0.462. The van der Waals surface area contributed by atoms with Crippen molar-refractivity contribution in [2.75, 3.05) is 11.9 Å². The van der Waals surface area contributed by atoms with Crippen LogP contribution in [0.3, 0.4) is 0 Å². The SMILES string of the molecule is CN(c1nc2cc(CC(=O)OC(C)(C)C)ccn2n1)C1CC1. The van der Waals surface area contributed by atoms with Gasteiger partial charge < -0.3 is 9.64 Å². The molecule has 1 saturated carbocycles. The number of fused-ring (bicyclic) bond motifs is 1. The zero-order chi connectivity index (χ0) is 15.9. The summed E-state index contributed by atoms with van der Waals surface area (Å²) in [6, 6.07) is 4.34. The van der Waals surface area contributed by atoms with E-state index in [4.69, 9.17) is 4.74 Å². The Morgan fingerprint density at radius 3 is 2.82 bits per heavy atom. The van der Waals surface area contributed by atoms with Gasteiger partial charge in [0.25, 0.3) is 0 Å². The molecular weight excluding hydrogens is 280 g/mol. The molecule has 0 spiro atoms. The molecule has 22 heavy (non-hydrogen) atoms. The van der Waals surface area contributed by atoms with Crippen molar-refractivity contribution in [3.63, 3.8) is 0 Å². The number of anilines is 1. The number of pyridine rings is 1. The van der Waals surface area contributed by atoms with E-state index >= 15 is 0 Å². The van der Waals surface area contributed by atoms with Crippen molar-refractivity contribution < 1.29 is 9.53 Å². The van der Waals surface area contributed by atoms with Gasteiger partial charge >= 0.3 is 5.97 Å². The zero-order valence-corrected chi connectivity index (χ0v) is 13.5. The number of ether oxygens (including phenoxy) is 1. The van der Waals surface area contributed by atoms with E-state index in [0.29, 0.717) is 6.04 Å². The quantitative estimate of drug-likeness (QED) is 0.810. The van der Waals surface area contributed by atoms with Gasteiger partial charge in [-0.1, -0.05) is 0 Å². The van der Waals surface area contributed by atoms with E-state index in [1.54, 1.807) is 4.52 Å². The highest BCUT2D eigenvalue weighted by Crippen LogP contribution is 2.28. The molecule has 0 amide bonds. The van der Waals surface area contributed by atoms with Crippen LogP contribution in [0.5, 0.6) is 0 Å². The maximum atomic E-state index is 11.9. The van der Waals surface area contributed by atoms with E-state index in [1.807, 2.05) is 46.1 Å². The van der Waals surface area contributed by atoms with Crippen molar-refractivity contribution in [1.29, 1.82) is 0 Å². The van der Waals surface area contributed by atoms with Gasteiger partial charge in [0, 0.05) is 19.3 Å². The lowest BCUT2D eigenvalue weighted by Crippen LogP contribution is -2.24. The van der Waals surface area contributed by atoms with Crippen molar-refractivity contribution in [2.24, 2.45) is 0 Å². The second kappa shape index (κ2) is 5.26. The van der Waals surface area contributed by atoms with E-state index in [1.165, 1.54) is 12.8 Å². The standard InChI is InChI=1S/C16H22N4O2/c1-16(2,3)22-14(21)10-11-7-8-20-13(9-11)17-15(18-20)19(4)12-5-6-12/h7-9,12H,5-6,10H2,1-4H3. The second-order valence-electron chi connectivity index (χ2n) is 6.85. The molecule has 0 aliphatic heterocycles. The van der Waals surface area contributed by atoms with Gasteiger partial charge in [0.05, 0.1) is 6.42 Å². The molecule has 0 radical (unpaired) electrons. The molecule has 0 atom stereocenters. The number of esters is 1. The minimum Gasteiger partial charge on any atom is -0.460 e. The largest absolute Gasteiger partial charge is 0.460 e. The first-order valence-electron chi connectivity index (χ1n) is 7.62. The summed E-state index contributed by atoms with van der Waals surface area (Å²) < 4.78 is 7.09. The summed E-state index contributed by atoms with van der Waals surface area (Å²) in [6.07, 6.45) is 4.49. The fourth-order valence-electron chi connectivity index (χ4n) is 2.34. The molecule has 0 bridgehead atoms. The molecule has 1 aliphatic carbocycles. The van der Waals surface area contributed by atoms with Gasteiger partial charge in [-0.15, -0.1) is 5.10 Å². The Morgan fingerprint density at radius 2 is 2.18 bits per heavy atom. The molecular formula is C16H22N4O2. The summed E-state index contributed by atoms with van der Waals surface area (Å²) in [4.78, 5) is 18.6. The van der Waals surface area contributed by atoms with Crippen LogP contribution in [-0.4, -0.2) is 39.3 Å². The first-order valence-corrected chi connectivity index (χ1v) is 7.62. The van der Waals surface area contributed by atoms with Crippen molar-refractivity contribution >= 4 is 17.6 Å². The summed E-state index contributed by atoms with van der Waals surface area (Å²) in [7, 11) is 2.02. The molecule has 3 rings (SSSR count). The Morgan fingerprint density at radius 1 is 1.45 bits per heavy atom. The average molecular weight is 302 g/mol. The van der Waals surface area contributed by atoms with Crippen LogP contribution in [0, 0.1) is 0 Å². The summed E-state index contributed by atoms with van der Waals surface area (Å²) in [5, 5.41) is 4.47. The van der Waals surface area contributed by atoms with E-state index < -0.39 is 5.60 Å². The molecule has 0 N–H and O–H groups in total. The van der Waals surface area contributed by atoms with Gasteiger partial charge in [-0.25, -0.2) is 4.52 Å². The molecule has 1 aliphatic rings. The number of aromatic nitrogens is 3. The number of hydrogen-bond acceptors (Lipinski definition) is 5. The highest BCUT2D eigenvalue weighted by atomic mass is 16.6. The minimum absolute atomic E-state index is 0.230. The lowest BCUT2D eigenvalue weighted by molar-refractivity contribution is -0.153. The van der Waals surface area contributed by atoms with Crippen LogP contribution in [0.4, 0.5) is 5.95 Å². The van der Waals surface area contributed by atoms with E-state index in [2.05, 4.69) is 15.0 Å². The summed E-state index contributed by atoms with van der Waals surface area (Å²) >= 11 is 0. The first-order chi connectivity index (χ1) is 10.3. The number of carbonyl (C=O) groups is 1. The molecule has 6 heteroatoms. The second-order valence-corrected chi connectivity index (χ2v) is 6.85. The van der Waals surface area contributed by atoms with Crippen LogP contribution >= 0.6 is 0 Å². The monoisotopic (exact) mass is 302 g/mol. The van der Waals surface area contributed by atoms with Crippen molar-refractivity contribution in [3.8, 4) is 0 Å². The Balaban J connectivity index is 1.76. The fourth-order valence-corrected chi connectivity index (χ4v) is 2.34. The molecule has 0 saturated heterocycles. The van der Waals surface area contributed by atoms with Crippen LogP contribution in [-0.2, 0) is 16.0 Å². The molecule has 2 heterocycles. The van der Waals surface area contributed by atoms with Gasteiger partial charge in [-0.2, -0.15) is 4.98 Å². The summed E-state index contributed by atoms with van der Waals surface area (Å²) in [6.45, 7) is 5.60. The molecule has 2 aromatic heterocycles. The maximum absolute atomic E-state index is 11.9. The lowest BCUT2D eigenvalue weighted by atomic mass is 10.1. The van der Waals surface area contributed by atoms with Gasteiger partial charge in [-0.3, -0.25) is 4.79 Å². The van der Waals surface area contributed by atoms with E-state index in [-0.39, 0.29) is 12.4 Å². The Kier molecular flexibility index (Phi) is 3.54. The summed E-state index contributed by atoms with van der Waals surface area (Å²) in [5.41, 5.74) is 1.18. The predicted octanol–water partition coefficient (Wildman–Crippen LogP) is 2.21. The topological polar surface area (TPSA) is 59.7 Å². The molecule has 0 aromatic carbocycles. The molecule has 6 nitrogen and oxygen atoms in total. The van der Waals surface area contributed by atoms with Gasteiger partial charge in [0.15, 0.2) is 5.65 Å². The third kappa shape index (κ3) is 3.37. The van der Waals surface area contributed by atoms with Crippen LogP contribution in [0.15, 0.2) is 18.3 Å². The molecule has 2 aromatic rings. The number of nitrogens with zero attached hydrogens (tertiary/aromatic N) is 4. The third-order valence-corrected chi connectivity index (χ3v) is 3.57. The number of hydrogen-bond donors (Lipinski definition) is 0. The third-order valence-electron chi connectivity index (χ3n) is 3.57. The maximum Gasteiger partial charge on any atom is 0.310 e. The Labute approximate surface area is 130 Å². The lowest BCUT2D eigenvalue weighted by Gasteiger charge is -2.19. The van der Waals surface area contributed by atoms with Gasteiger partial charge in [0.1, 0.15) is 5.60 Å². The number of carbonyl (C=O) groups excluding carboxylic acids is 1. The van der Waals surface area contributed by atoms with E-state index in [0.717, 1.165) is 17.2 Å². The number of rotatable bonds is 4. The first kappa shape index (κ1) is 14.8. The van der Waals surface area contributed by atoms with Crippen LogP contribution < -0.4 is 4.90 Å². The Hall–Kier alpha value is -2.11. The highest BCUT2D eigenvalue weighted by Gasteiger charge is 2.28. The normalized spacial score (nSPS) is 15.1. The predicted molar refractivity (Wildman–Crippen MR) is 84.0 cm³/mol. The molecule has 0 unspecified atom stereocenters. The smallest absolute Gasteiger partial charge is 0.310 e. The van der Waals surface area contributed by atoms with Crippen LogP contribution in [0.1, 0.15) is 39.2 Å². The summed E-state index contributed by atoms with van der Waals surface area (Å²) in [5.74, 6) is 0.503. The molecule has 118 valence electrons. The highest BCUT2D eigenvalue weighted by molar-refractivity contribution is 5.73. The Bertz CT molecular complexity index is 698. The van der Waals surface area contributed by atoms with Crippen LogP contribution in [0.25, 0.3) is 5.65 Å². The van der Waals surface area contributed by atoms with Crippen molar-refractivity contribution in [3.05, 3.63) is 23.9 Å². The zero-order valence-electron chi connectivity index (χ0n) is 13.5. The van der Waals surface area contributed by atoms with Gasteiger partial charge in [-0.05, 0) is 51.3 Å². The van der Waals surface area contributed by atoms with Crippen molar-refractivity contribution in [2.45, 2.75) is 51.7 Å². The van der Waals surface area contributed by atoms with Crippen molar-refractivity contribution in [1.82, 2.24) is 14.6 Å². The molecule has 1 fully saturated rings. The average Bonchev–Trinajstić information content (AvgIpc) is 3.15.